The first-order valence-electron chi connectivity index (χ1n) is 40.5. The Morgan fingerprint density at radius 2 is 0.508 bits per heavy atom. The van der Waals surface area contributed by atoms with Crippen LogP contribution in [-0.4, -0.2) is 116 Å². The minimum absolute atomic E-state index is 0. The second-order valence-corrected chi connectivity index (χ2v) is 29.2. The summed E-state index contributed by atoms with van der Waals surface area (Å²) in [7, 11) is 15.9. The van der Waals surface area contributed by atoms with Crippen LogP contribution in [0, 0.1) is 116 Å². The van der Waals surface area contributed by atoms with Crippen LogP contribution >= 0.6 is 0 Å². The monoisotopic (exact) mass is 2420 g/mol. The van der Waals surface area contributed by atoms with Crippen LogP contribution in [-0.2, 0) is 80.4 Å². The van der Waals surface area contributed by atoms with E-state index in [-0.39, 0.29) is 80.4 Å². The molecule has 28 heteroatoms. The molecule has 10 aromatic carbocycles. The number of aromatic nitrogens is 8. The van der Waals surface area contributed by atoms with Crippen molar-refractivity contribution in [3.63, 3.8) is 0 Å². The van der Waals surface area contributed by atoms with Crippen LogP contribution in [0.1, 0.15) is 11.1 Å². The largest absolute Gasteiger partial charge is 0.510 e. The summed E-state index contributed by atoms with van der Waals surface area (Å²) in [4.78, 5) is 67.6. The standard InChI is InChI=1S/2C19H16N4.2C12H10N4.4C10H10N2.4Ir/c1-14-8-6-7-11-16(14)18-20-12-17-19(21-18)22(2)13-23(17)15-9-4-3-5-10-15;1-14-8-6-7-11-16(14)18-20-12-17-19(21-18)23(13-22(17)2)15-9-4-3-5-10-15;1-15-9-16(10-5-3-2-4-6-10)11-7-13-8-14-12(11)15;1-15-9-16(10-5-3-2-4-6-10)12-11(15)7-13-8-14-12;4*1-11-7-8-12(9-11)10-5-3-2-4-6-10;;;;/h2*3-9,11-13H,1-2H3;2*2-5,7-9H,1H3;4*2-5,7-9H,1H3;;;;/q8*-2;;;;. The van der Waals surface area contributed by atoms with E-state index in [2.05, 4.69) is 121 Å². The molecule has 24 nitrogen and oxygen atoms in total. The van der Waals surface area contributed by atoms with Crippen LogP contribution in [0.25, 0.3) is 22.8 Å². The van der Waals surface area contributed by atoms with Gasteiger partial charge in [0.15, 0.2) is 11.6 Å². The van der Waals surface area contributed by atoms with Crippen molar-refractivity contribution in [1.29, 1.82) is 0 Å². The molecule has 0 saturated carbocycles. The van der Waals surface area contributed by atoms with Crippen LogP contribution in [0.5, 0.6) is 0 Å². The number of para-hydroxylation sites is 8. The SMILES string of the molecule is CN1C=CN(c2[c-]cccc2)[CH-]1.CN1C=CN(c2[c-]cccc2)[CH-]1.CN1C=CN(c2[c-]cccc2)[CH-]1.CN1C=CN(c2[c-]cccc2)[CH-]1.CN1[CH-]N(c2[c-]cccc2)c2cncnc21.CN1[CH-]N(c2[c-]cccc2)c2ncncc21.Cc1ccccc1-c1ncc2c(n1)N(C)[CH-]N2c1[c-]cccc1.Cc1ccccc1-c1ncc2c(n1)N(c1[c-]cccc1)[CH-]N2C.[Ir].[Ir].[Ir].[Ir]. The third-order valence-corrected chi connectivity index (χ3v) is 19.9. The van der Waals surface area contributed by atoms with Gasteiger partial charge in [0.05, 0.1) is 47.5 Å². The van der Waals surface area contributed by atoms with Gasteiger partial charge in [-0.3, -0.25) is 0 Å². The fraction of sp³-hybridized carbons (Fsp3) is 0.0980. The topological polar surface area (TPSA) is 155 Å². The summed E-state index contributed by atoms with van der Waals surface area (Å²) < 4.78 is 0. The molecule has 12 heterocycles. The second kappa shape index (κ2) is 47.8. The molecule has 0 atom stereocenters. The van der Waals surface area contributed by atoms with Gasteiger partial charge in [-0.05, 0) is 131 Å². The third kappa shape index (κ3) is 24.8. The molecule has 8 aliphatic rings. The minimum atomic E-state index is 0. The first kappa shape index (κ1) is 97.5. The van der Waals surface area contributed by atoms with E-state index in [1.807, 2.05) is 476 Å². The zero-order valence-electron chi connectivity index (χ0n) is 72.9. The summed E-state index contributed by atoms with van der Waals surface area (Å²) in [5.41, 5.74) is 16.6. The molecule has 0 unspecified atom stereocenters. The molecule has 0 saturated heterocycles. The van der Waals surface area contributed by atoms with Crippen molar-refractivity contribution in [1.82, 2.24) is 59.5 Å². The van der Waals surface area contributed by atoms with Gasteiger partial charge >= 0.3 is 0 Å². The molecular formula is C102H92Ir4N24-16. The Hall–Kier alpha value is -13.1. The summed E-state index contributed by atoms with van der Waals surface area (Å²) in [5, 5.41) is 0. The average Bonchev–Trinajstić information content (AvgIpc) is 1.63. The smallest absolute Gasteiger partial charge is 0.161 e. The maximum absolute atomic E-state index is 4.81. The molecule has 4 aromatic heterocycles. The van der Waals surface area contributed by atoms with Crippen molar-refractivity contribution >= 4 is 91.5 Å². The number of anilines is 16. The molecular weight excluding hydrogens is 2330 g/mol. The molecule has 8 aliphatic heterocycles. The first-order valence-corrected chi connectivity index (χ1v) is 40.5. The van der Waals surface area contributed by atoms with Crippen molar-refractivity contribution in [2.24, 2.45) is 0 Å². The van der Waals surface area contributed by atoms with Crippen molar-refractivity contribution in [2.75, 3.05) is 115 Å². The van der Waals surface area contributed by atoms with Gasteiger partial charge in [0.25, 0.3) is 0 Å². The molecule has 22 rings (SSSR count). The Morgan fingerprint density at radius 3 is 0.838 bits per heavy atom. The molecule has 14 aromatic rings. The molecule has 0 spiro atoms. The van der Waals surface area contributed by atoms with Gasteiger partial charge in [-0.1, -0.05) is 48.5 Å². The van der Waals surface area contributed by atoms with Crippen molar-refractivity contribution < 1.29 is 80.4 Å². The summed E-state index contributed by atoms with van der Waals surface area (Å²) >= 11 is 0. The van der Waals surface area contributed by atoms with Crippen molar-refractivity contribution in [3.8, 4) is 22.8 Å². The second-order valence-electron chi connectivity index (χ2n) is 29.2. The van der Waals surface area contributed by atoms with Gasteiger partial charge in [-0.2, -0.15) is 296 Å². The zero-order chi connectivity index (χ0) is 87.1. The number of fused-ring (bicyclic) bond motifs is 4. The number of nitrogens with zero attached hydrogens (tertiary/aromatic N) is 24. The normalized spacial score (nSPS) is 14.0. The fourth-order valence-corrected chi connectivity index (χ4v) is 13.6. The number of benzene rings is 10. The molecule has 130 heavy (non-hydrogen) atoms. The third-order valence-electron chi connectivity index (χ3n) is 19.9. The van der Waals surface area contributed by atoms with E-state index in [0.29, 0.717) is 0 Å². The Labute approximate surface area is 819 Å². The number of hydrogen-bond donors (Lipinski definition) is 0. The Morgan fingerprint density at radius 1 is 0.238 bits per heavy atom. The van der Waals surface area contributed by atoms with Crippen LogP contribution in [0.2, 0.25) is 0 Å². The summed E-state index contributed by atoms with van der Waals surface area (Å²) in [5.74, 6) is 5.07. The van der Waals surface area contributed by atoms with E-state index >= 15 is 0 Å². The fourth-order valence-electron chi connectivity index (χ4n) is 13.6. The van der Waals surface area contributed by atoms with Gasteiger partial charge in [-0.25, -0.2) is 39.9 Å². The van der Waals surface area contributed by atoms with E-state index in [1.54, 1.807) is 12.7 Å². The molecule has 0 fully saturated rings. The maximum atomic E-state index is 4.81. The Kier molecular flexibility index (Phi) is 35.8. The van der Waals surface area contributed by atoms with E-state index in [0.717, 1.165) is 114 Å². The number of aryl methyl sites for hydroxylation is 2. The average molecular weight is 2420 g/mol. The molecule has 0 amide bonds. The van der Waals surface area contributed by atoms with E-state index < -0.39 is 0 Å². The molecule has 0 N–H and O–H groups in total. The molecule has 4 radical (unpaired) electrons. The van der Waals surface area contributed by atoms with Crippen molar-refractivity contribution in [3.05, 3.63) is 443 Å². The number of rotatable bonds is 10. The first-order chi connectivity index (χ1) is 61.6. The minimum Gasteiger partial charge on any atom is -0.510 e. The van der Waals surface area contributed by atoms with Crippen LogP contribution in [0.3, 0.4) is 0 Å². The molecule has 672 valence electrons. The summed E-state index contributed by atoms with van der Waals surface area (Å²) in [6.45, 7) is 20.1. The van der Waals surface area contributed by atoms with Gasteiger partial charge in [0, 0.05) is 91.5 Å². The Balaban J connectivity index is 0.000000145. The van der Waals surface area contributed by atoms with Gasteiger partial charge in [0.1, 0.15) is 35.9 Å². The maximum Gasteiger partial charge on any atom is 0.161 e. The van der Waals surface area contributed by atoms with Gasteiger partial charge in [-0.15, -0.1) is 45.5 Å². The van der Waals surface area contributed by atoms with Gasteiger partial charge < -0.3 is 78.4 Å². The van der Waals surface area contributed by atoms with Crippen LogP contribution in [0.15, 0.2) is 330 Å². The Bertz CT molecular complexity index is 5590. The predicted molar refractivity (Wildman–Crippen MR) is 505 cm³/mol. The van der Waals surface area contributed by atoms with Crippen molar-refractivity contribution in [2.45, 2.75) is 13.8 Å². The van der Waals surface area contributed by atoms with E-state index in [4.69, 9.17) is 9.97 Å². The number of hydrogen-bond acceptors (Lipinski definition) is 24. The van der Waals surface area contributed by atoms with E-state index in [9.17, 15) is 0 Å². The zero-order valence-corrected chi connectivity index (χ0v) is 82.4. The molecule has 0 bridgehead atoms. The molecule has 0 aliphatic carbocycles. The summed E-state index contributed by atoms with van der Waals surface area (Å²) in [6.07, 6.45) is 26.5. The van der Waals surface area contributed by atoms with Gasteiger partial charge in [0.2, 0.25) is 0 Å². The van der Waals surface area contributed by atoms with Crippen LogP contribution in [0.4, 0.5) is 91.5 Å². The summed E-state index contributed by atoms with van der Waals surface area (Å²) in [6, 6.07) is 105. The van der Waals surface area contributed by atoms with Crippen LogP contribution < -0.4 is 58.8 Å². The van der Waals surface area contributed by atoms with E-state index in [1.165, 1.54) is 11.1 Å². The quantitative estimate of drug-likeness (QED) is 0.119. The predicted octanol–water partition coefficient (Wildman–Crippen LogP) is 19.2.